The largest absolute Gasteiger partial charge is 0.481 e. The summed E-state index contributed by atoms with van der Waals surface area (Å²) in [7, 11) is 0. The highest BCUT2D eigenvalue weighted by Gasteiger charge is 2.11. The molecule has 1 atom stereocenters. The third-order valence-electron chi connectivity index (χ3n) is 1.62. The summed E-state index contributed by atoms with van der Waals surface area (Å²) in [5, 5.41) is 17.8. The van der Waals surface area contributed by atoms with Crippen LogP contribution in [0.25, 0.3) is 0 Å². The molecule has 0 amide bonds. The summed E-state index contributed by atoms with van der Waals surface area (Å²) < 4.78 is 0.902. The van der Waals surface area contributed by atoms with E-state index in [1.54, 1.807) is 24.3 Å². The van der Waals surface area contributed by atoms with Crippen LogP contribution in [0.15, 0.2) is 28.7 Å². The standard InChI is InChI=1S/C9H9BrO3/c10-7-3-1-6(2-4-7)8(11)5-9(12)13/h1-4,8,11H,5H2,(H,12,13)/t8-/m1/s1. The minimum absolute atomic E-state index is 0.262. The Kier molecular flexibility index (Phi) is 3.45. The average Bonchev–Trinajstić information content (AvgIpc) is 2.04. The van der Waals surface area contributed by atoms with Crippen molar-refractivity contribution in [2.24, 2.45) is 0 Å². The molecular formula is C9H9BrO3. The van der Waals surface area contributed by atoms with E-state index in [-0.39, 0.29) is 6.42 Å². The second-order valence-electron chi connectivity index (χ2n) is 2.67. The lowest BCUT2D eigenvalue weighted by atomic mass is 10.1. The number of carboxylic acid groups (broad SMARTS) is 1. The molecule has 0 aliphatic heterocycles. The highest BCUT2D eigenvalue weighted by molar-refractivity contribution is 9.10. The summed E-state index contributed by atoms with van der Waals surface area (Å²) >= 11 is 3.25. The van der Waals surface area contributed by atoms with E-state index in [0.717, 1.165) is 4.47 Å². The average molecular weight is 245 g/mol. The summed E-state index contributed by atoms with van der Waals surface area (Å²) in [6, 6.07) is 6.91. The number of hydrogen-bond donors (Lipinski definition) is 2. The molecule has 70 valence electrons. The first kappa shape index (κ1) is 10.2. The zero-order valence-corrected chi connectivity index (χ0v) is 8.36. The topological polar surface area (TPSA) is 57.5 Å². The van der Waals surface area contributed by atoms with Crippen molar-refractivity contribution >= 4 is 21.9 Å². The first-order valence-corrected chi connectivity index (χ1v) is 4.54. The van der Waals surface area contributed by atoms with Crippen molar-refractivity contribution in [1.29, 1.82) is 0 Å². The van der Waals surface area contributed by atoms with E-state index in [0.29, 0.717) is 5.56 Å². The second kappa shape index (κ2) is 4.39. The van der Waals surface area contributed by atoms with Gasteiger partial charge in [0.1, 0.15) is 0 Å². The molecule has 0 bridgehead atoms. The molecule has 0 unspecified atom stereocenters. The number of aliphatic carboxylic acids is 1. The lowest BCUT2D eigenvalue weighted by Gasteiger charge is -2.07. The van der Waals surface area contributed by atoms with Gasteiger partial charge in [-0.1, -0.05) is 28.1 Å². The SMILES string of the molecule is O=C(O)C[C@@H](O)c1ccc(Br)cc1. The Balaban J connectivity index is 2.71. The minimum atomic E-state index is -1.00. The predicted octanol–water partition coefficient (Wildman–Crippen LogP) is 1.96. The maximum absolute atomic E-state index is 10.3. The normalized spacial score (nSPS) is 12.5. The molecule has 0 radical (unpaired) electrons. The van der Waals surface area contributed by atoms with Gasteiger partial charge in [0.05, 0.1) is 12.5 Å². The molecular weight excluding hydrogens is 236 g/mol. The number of rotatable bonds is 3. The Morgan fingerprint density at radius 1 is 1.38 bits per heavy atom. The van der Waals surface area contributed by atoms with Crippen LogP contribution in [0.2, 0.25) is 0 Å². The summed E-state index contributed by atoms with van der Waals surface area (Å²) in [5.41, 5.74) is 0.616. The highest BCUT2D eigenvalue weighted by atomic mass is 79.9. The van der Waals surface area contributed by atoms with Crippen molar-refractivity contribution in [3.8, 4) is 0 Å². The molecule has 0 aromatic heterocycles. The van der Waals surface area contributed by atoms with Gasteiger partial charge < -0.3 is 10.2 Å². The molecule has 3 nitrogen and oxygen atoms in total. The molecule has 0 saturated heterocycles. The summed E-state index contributed by atoms with van der Waals surface area (Å²) in [4.78, 5) is 10.3. The van der Waals surface area contributed by atoms with Gasteiger partial charge in [-0.2, -0.15) is 0 Å². The Morgan fingerprint density at radius 3 is 2.38 bits per heavy atom. The highest BCUT2D eigenvalue weighted by Crippen LogP contribution is 2.18. The number of carboxylic acids is 1. The first-order chi connectivity index (χ1) is 6.09. The Labute approximate surface area is 84.1 Å². The smallest absolute Gasteiger partial charge is 0.306 e. The quantitative estimate of drug-likeness (QED) is 0.855. The fourth-order valence-corrected chi connectivity index (χ4v) is 1.23. The molecule has 0 aliphatic carbocycles. The van der Waals surface area contributed by atoms with Crippen molar-refractivity contribution in [2.75, 3.05) is 0 Å². The summed E-state index contributed by atoms with van der Waals surface area (Å²) in [6.07, 6.45) is -1.19. The number of aliphatic hydroxyl groups excluding tert-OH is 1. The number of carbonyl (C=O) groups is 1. The molecule has 0 saturated carbocycles. The molecule has 0 aliphatic rings. The molecule has 0 spiro atoms. The van der Waals surface area contributed by atoms with E-state index in [9.17, 15) is 9.90 Å². The zero-order chi connectivity index (χ0) is 9.84. The lowest BCUT2D eigenvalue weighted by Crippen LogP contribution is -2.04. The summed E-state index contributed by atoms with van der Waals surface area (Å²) in [5.74, 6) is -1.00. The van der Waals surface area contributed by atoms with Crippen LogP contribution >= 0.6 is 15.9 Å². The van der Waals surface area contributed by atoms with E-state index in [1.807, 2.05) is 0 Å². The fraction of sp³-hybridized carbons (Fsp3) is 0.222. The molecule has 1 aromatic carbocycles. The van der Waals surface area contributed by atoms with E-state index in [2.05, 4.69) is 15.9 Å². The van der Waals surface area contributed by atoms with Crippen LogP contribution in [0.1, 0.15) is 18.1 Å². The Bertz CT molecular complexity index is 294. The van der Waals surface area contributed by atoms with Crippen LogP contribution < -0.4 is 0 Å². The van der Waals surface area contributed by atoms with Gasteiger partial charge in [0.15, 0.2) is 0 Å². The minimum Gasteiger partial charge on any atom is -0.481 e. The molecule has 4 heteroatoms. The molecule has 1 rings (SSSR count). The van der Waals surface area contributed by atoms with Gasteiger partial charge >= 0.3 is 5.97 Å². The van der Waals surface area contributed by atoms with Crippen LogP contribution in [0.5, 0.6) is 0 Å². The van der Waals surface area contributed by atoms with Crippen molar-refractivity contribution < 1.29 is 15.0 Å². The van der Waals surface area contributed by atoms with E-state index < -0.39 is 12.1 Å². The van der Waals surface area contributed by atoms with Crippen LogP contribution in [-0.2, 0) is 4.79 Å². The maximum atomic E-state index is 10.3. The van der Waals surface area contributed by atoms with E-state index in [1.165, 1.54) is 0 Å². The molecule has 13 heavy (non-hydrogen) atoms. The van der Waals surface area contributed by atoms with Gasteiger partial charge in [0.25, 0.3) is 0 Å². The zero-order valence-electron chi connectivity index (χ0n) is 6.77. The molecule has 0 fully saturated rings. The molecule has 2 N–H and O–H groups in total. The molecule has 0 heterocycles. The lowest BCUT2D eigenvalue weighted by molar-refractivity contribution is -0.139. The molecule has 1 aromatic rings. The van der Waals surface area contributed by atoms with Gasteiger partial charge in [0.2, 0.25) is 0 Å². The van der Waals surface area contributed by atoms with E-state index in [4.69, 9.17) is 5.11 Å². The van der Waals surface area contributed by atoms with Gasteiger partial charge in [-0.05, 0) is 17.7 Å². The van der Waals surface area contributed by atoms with Crippen LogP contribution in [-0.4, -0.2) is 16.2 Å². The monoisotopic (exact) mass is 244 g/mol. The number of halogens is 1. The van der Waals surface area contributed by atoms with Gasteiger partial charge in [-0.3, -0.25) is 4.79 Å². The van der Waals surface area contributed by atoms with Crippen molar-refractivity contribution in [3.05, 3.63) is 34.3 Å². The second-order valence-corrected chi connectivity index (χ2v) is 3.58. The fourth-order valence-electron chi connectivity index (χ4n) is 0.968. The van der Waals surface area contributed by atoms with Gasteiger partial charge in [-0.25, -0.2) is 0 Å². The van der Waals surface area contributed by atoms with Crippen LogP contribution in [0, 0.1) is 0 Å². The van der Waals surface area contributed by atoms with Crippen molar-refractivity contribution in [1.82, 2.24) is 0 Å². The first-order valence-electron chi connectivity index (χ1n) is 3.75. The van der Waals surface area contributed by atoms with Gasteiger partial charge in [-0.15, -0.1) is 0 Å². The van der Waals surface area contributed by atoms with Crippen LogP contribution in [0.4, 0.5) is 0 Å². The maximum Gasteiger partial charge on any atom is 0.306 e. The third-order valence-corrected chi connectivity index (χ3v) is 2.15. The number of benzene rings is 1. The summed E-state index contributed by atoms with van der Waals surface area (Å²) in [6.45, 7) is 0. The number of aliphatic hydroxyl groups is 1. The predicted molar refractivity (Wildman–Crippen MR) is 51.4 cm³/mol. The third kappa shape index (κ3) is 3.16. The van der Waals surface area contributed by atoms with Crippen molar-refractivity contribution in [3.63, 3.8) is 0 Å². The van der Waals surface area contributed by atoms with Crippen LogP contribution in [0.3, 0.4) is 0 Å². The van der Waals surface area contributed by atoms with E-state index >= 15 is 0 Å². The van der Waals surface area contributed by atoms with Crippen molar-refractivity contribution in [2.45, 2.75) is 12.5 Å². The Morgan fingerprint density at radius 2 is 1.92 bits per heavy atom. The number of hydrogen-bond acceptors (Lipinski definition) is 2. The van der Waals surface area contributed by atoms with Gasteiger partial charge in [0, 0.05) is 4.47 Å². The Hall–Kier alpha value is -0.870.